The van der Waals surface area contributed by atoms with E-state index in [1.807, 2.05) is 6.07 Å². The summed E-state index contributed by atoms with van der Waals surface area (Å²) in [5.41, 5.74) is 0.566. The van der Waals surface area contributed by atoms with Crippen LogP contribution in [0.15, 0.2) is 18.3 Å². The van der Waals surface area contributed by atoms with Gasteiger partial charge in [-0.15, -0.1) is 0 Å². The molecule has 1 aromatic rings. The highest BCUT2D eigenvalue weighted by molar-refractivity contribution is 5.94. The molecule has 0 saturated heterocycles. The van der Waals surface area contributed by atoms with Crippen LogP contribution in [0.3, 0.4) is 0 Å². The molecule has 0 atom stereocenters. The molecule has 0 aliphatic heterocycles. The average molecular weight is 279 g/mol. The van der Waals surface area contributed by atoms with Gasteiger partial charge in [0.25, 0.3) is 5.91 Å². The van der Waals surface area contributed by atoms with Gasteiger partial charge in [-0.05, 0) is 24.5 Å². The highest BCUT2D eigenvalue weighted by Crippen LogP contribution is 2.04. The smallest absolute Gasteiger partial charge is 0.252 e. The van der Waals surface area contributed by atoms with Gasteiger partial charge >= 0.3 is 0 Å². The molecule has 0 aliphatic carbocycles. The normalized spacial score (nSPS) is 10.6. The maximum absolute atomic E-state index is 11.8. The number of amides is 1. The van der Waals surface area contributed by atoms with Gasteiger partial charge in [-0.3, -0.25) is 4.79 Å². The van der Waals surface area contributed by atoms with Gasteiger partial charge in [0.15, 0.2) is 0 Å². The molecule has 0 saturated carbocycles. The van der Waals surface area contributed by atoms with Gasteiger partial charge in [0.05, 0.1) is 12.2 Å². The first kappa shape index (κ1) is 16.4. The molecule has 5 nitrogen and oxygen atoms in total. The topological polar surface area (TPSA) is 63.2 Å². The second kappa shape index (κ2) is 9.31. The van der Waals surface area contributed by atoms with Gasteiger partial charge in [0.2, 0.25) is 0 Å². The van der Waals surface area contributed by atoms with Crippen molar-refractivity contribution in [3.05, 3.63) is 23.9 Å². The molecule has 112 valence electrons. The summed E-state index contributed by atoms with van der Waals surface area (Å²) in [5, 5.41) is 5.98. The lowest BCUT2D eigenvalue weighted by Crippen LogP contribution is -2.27. The van der Waals surface area contributed by atoms with E-state index in [-0.39, 0.29) is 5.91 Å². The van der Waals surface area contributed by atoms with Crippen LogP contribution in [0, 0.1) is 5.92 Å². The van der Waals surface area contributed by atoms with Crippen LogP contribution < -0.4 is 10.6 Å². The number of ether oxygens (including phenoxy) is 1. The third-order valence-corrected chi connectivity index (χ3v) is 2.56. The van der Waals surface area contributed by atoms with Gasteiger partial charge in [-0.25, -0.2) is 4.98 Å². The number of hydrogen-bond acceptors (Lipinski definition) is 4. The zero-order valence-corrected chi connectivity index (χ0v) is 12.6. The SMILES string of the molecule is CCCNc1ccc(C(=O)NCCOCC(C)C)cn1. The summed E-state index contributed by atoms with van der Waals surface area (Å²) in [5.74, 6) is 1.19. The average Bonchev–Trinajstić information content (AvgIpc) is 2.44. The number of carbonyl (C=O) groups excluding carboxylic acids is 1. The molecule has 1 rings (SSSR count). The second-order valence-corrected chi connectivity index (χ2v) is 5.08. The molecule has 1 heterocycles. The van der Waals surface area contributed by atoms with Gasteiger partial charge in [-0.1, -0.05) is 20.8 Å². The van der Waals surface area contributed by atoms with E-state index in [0.717, 1.165) is 25.4 Å². The van der Waals surface area contributed by atoms with Crippen LogP contribution in [0.4, 0.5) is 5.82 Å². The lowest BCUT2D eigenvalue weighted by molar-refractivity contribution is 0.0886. The van der Waals surface area contributed by atoms with E-state index in [1.54, 1.807) is 12.3 Å². The number of rotatable bonds is 9. The molecule has 0 aliphatic rings. The highest BCUT2D eigenvalue weighted by atomic mass is 16.5. The van der Waals surface area contributed by atoms with E-state index in [9.17, 15) is 4.79 Å². The largest absolute Gasteiger partial charge is 0.379 e. The van der Waals surface area contributed by atoms with Crippen LogP contribution in [0.1, 0.15) is 37.6 Å². The monoisotopic (exact) mass is 279 g/mol. The molecule has 1 amide bonds. The molecular formula is C15H25N3O2. The summed E-state index contributed by atoms with van der Waals surface area (Å²) in [6, 6.07) is 3.59. The van der Waals surface area contributed by atoms with Crippen molar-refractivity contribution in [1.82, 2.24) is 10.3 Å². The number of pyridine rings is 1. The molecule has 5 heteroatoms. The molecule has 1 aromatic heterocycles. The van der Waals surface area contributed by atoms with E-state index < -0.39 is 0 Å². The number of hydrogen-bond donors (Lipinski definition) is 2. The van der Waals surface area contributed by atoms with Crippen LogP contribution in [-0.2, 0) is 4.74 Å². The molecule has 0 fully saturated rings. The molecule has 0 spiro atoms. The van der Waals surface area contributed by atoms with Crippen molar-refractivity contribution in [3.8, 4) is 0 Å². The summed E-state index contributed by atoms with van der Waals surface area (Å²) in [7, 11) is 0. The van der Waals surface area contributed by atoms with E-state index >= 15 is 0 Å². The zero-order valence-electron chi connectivity index (χ0n) is 12.6. The minimum atomic E-state index is -0.118. The zero-order chi connectivity index (χ0) is 14.8. The summed E-state index contributed by atoms with van der Waals surface area (Å²) >= 11 is 0. The fourth-order valence-electron chi connectivity index (χ4n) is 1.54. The first-order chi connectivity index (χ1) is 9.63. The Bertz CT molecular complexity index is 391. The van der Waals surface area contributed by atoms with Crippen molar-refractivity contribution in [3.63, 3.8) is 0 Å². The van der Waals surface area contributed by atoms with E-state index in [0.29, 0.717) is 24.6 Å². The van der Waals surface area contributed by atoms with Crippen LogP contribution in [0.25, 0.3) is 0 Å². The fraction of sp³-hybridized carbons (Fsp3) is 0.600. The van der Waals surface area contributed by atoms with Crippen molar-refractivity contribution in [2.45, 2.75) is 27.2 Å². The lowest BCUT2D eigenvalue weighted by Gasteiger charge is -2.08. The Morgan fingerprint density at radius 2 is 2.15 bits per heavy atom. The Balaban J connectivity index is 2.29. The maximum Gasteiger partial charge on any atom is 0.252 e. The molecule has 20 heavy (non-hydrogen) atoms. The Labute approximate surface area is 121 Å². The van der Waals surface area contributed by atoms with E-state index in [4.69, 9.17) is 4.74 Å². The van der Waals surface area contributed by atoms with E-state index in [1.165, 1.54) is 0 Å². The van der Waals surface area contributed by atoms with Crippen LogP contribution >= 0.6 is 0 Å². The first-order valence-corrected chi connectivity index (χ1v) is 7.19. The van der Waals surface area contributed by atoms with Crippen LogP contribution in [0.2, 0.25) is 0 Å². The fourth-order valence-corrected chi connectivity index (χ4v) is 1.54. The Morgan fingerprint density at radius 3 is 2.75 bits per heavy atom. The van der Waals surface area contributed by atoms with Gasteiger partial charge in [-0.2, -0.15) is 0 Å². The molecule has 0 bridgehead atoms. The summed E-state index contributed by atoms with van der Waals surface area (Å²) in [6.07, 6.45) is 2.63. The van der Waals surface area contributed by atoms with Gasteiger partial charge in [0, 0.05) is 25.9 Å². The number of nitrogens with zero attached hydrogens (tertiary/aromatic N) is 1. The van der Waals surface area contributed by atoms with Crippen LogP contribution in [0.5, 0.6) is 0 Å². The number of aromatic nitrogens is 1. The molecule has 0 aromatic carbocycles. The third-order valence-electron chi connectivity index (χ3n) is 2.56. The quantitative estimate of drug-likeness (QED) is 0.681. The number of carbonyl (C=O) groups is 1. The second-order valence-electron chi connectivity index (χ2n) is 5.08. The standard InChI is InChI=1S/C15H25N3O2/c1-4-7-16-14-6-5-13(10-18-14)15(19)17-8-9-20-11-12(2)3/h5-6,10,12H,4,7-9,11H2,1-3H3,(H,16,18)(H,17,19). The predicted molar refractivity (Wildman–Crippen MR) is 81.0 cm³/mol. The maximum atomic E-state index is 11.8. The van der Waals surface area contributed by atoms with E-state index in [2.05, 4.69) is 36.4 Å². The Morgan fingerprint density at radius 1 is 1.35 bits per heavy atom. The molecule has 2 N–H and O–H groups in total. The minimum Gasteiger partial charge on any atom is -0.379 e. The van der Waals surface area contributed by atoms with Crippen molar-refractivity contribution < 1.29 is 9.53 Å². The number of anilines is 1. The third kappa shape index (κ3) is 6.52. The van der Waals surface area contributed by atoms with Crippen LogP contribution in [-0.4, -0.2) is 37.2 Å². The van der Waals surface area contributed by atoms with Gasteiger partial charge < -0.3 is 15.4 Å². The first-order valence-electron chi connectivity index (χ1n) is 7.19. The van der Waals surface area contributed by atoms with Gasteiger partial charge in [0.1, 0.15) is 5.82 Å². The molecule has 0 unspecified atom stereocenters. The summed E-state index contributed by atoms with van der Waals surface area (Å²) < 4.78 is 5.40. The van der Waals surface area contributed by atoms with Crippen molar-refractivity contribution in [1.29, 1.82) is 0 Å². The Kier molecular flexibility index (Phi) is 7.65. The van der Waals surface area contributed by atoms with Crippen molar-refractivity contribution >= 4 is 11.7 Å². The van der Waals surface area contributed by atoms with Crippen molar-refractivity contribution in [2.24, 2.45) is 5.92 Å². The minimum absolute atomic E-state index is 0.118. The highest BCUT2D eigenvalue weighted by Gasteiger charge is 2.05. The predicted octanol–water partition coefficient (Wildman–Crippen LogP) is 2.31. The molecular weight excluding hydrogens is 254 g/mol. The number of nitrogens with one attached hydrogen (secondary N) is 2. The Hall–Kier alpha value is -1.62. The lowest BCUT2D eigenvalue weighted by atomic mass is 10.2. The van der Waals surface area contributed by atoms with Crippen molar-refractivity contribution in [2.75, 3.05) is 31.6 Å². The summed E-state index contributed by atoms with van der Waals surface area (Å²) in [6.45, 7) is 8.93. The summed E-state index contributed by atoms with van der Waals surface area (Å²) in [4.78, 5) is 16.0. The molecule has 0 radical (unpaired) electrons.